The molecule has 0 saturated carbocycles. The molecule has 0 spiro atoms. The van der Waals surface area contributed by atoms with E-state index in [1.165, 1.54) is 5.56 Å². The van der Waals surface area contributed by atoms with Crippen LogP contribution in [0.4, 0.5) is 5.82 Å². The standard InChI is InChI=1S/C19H18N4O/c1-2-24-15-7-5-6-13(11-15)10-14-12-21-19-18(20)22-16-8-3-4-9-17(16)23(14)19/h3-9,11-12H,2,10H2,1H3,(H2,20,22). The largest absolute Gasteiger partial charge is 0.494 e. The summed E-state index contributed by atoms with van der Waals surface area (Å²) in [5.74, 6) is 1.33. The van der Waals surface area contributed by atoms with Crippen LogP contribution in [0.3, 0.4) is 0 Å². The maximum Gasteiger partial charge on any atom is 0.180 e. The second-order valence-electron chi connectivity index (χ2n) is 5.65. The zero-order valence-electron chi connectivity index (χ0n) is 13.4. The van der Waals surface area contributed by atoms with Gasteiger partial charge in [-0.15, -0.1) is 0 Å². The van der Waals surface area contributed by atoms with Crippen molar-refractivity contribution in [2.24, 2.45) is 0 Å². The number of imidazole rings is 1. The molecule has 5 heteroatoms. The van der Waals surface area contributed by atoms with Crippen molar-refractivity contribution < 1.29 is 4.74 Å². The summed E-state index contributed by atoms with van der Waals surface area (Å²) in [6.07, 6.45) is 2.61. The number of hydrogen-bond donors (Lipinski definition) is 1. The quantitative estimate of drug-likeness (QED) is 0.626. The Labute approximate surface area is 139 Å². The number of ether oxygens (including phenoxy) is 1. The molecule has 0 aliphatic heterocycles. The highest BCUT2D eigenvalue weighted by atomic mass is 16.5. The predicted molar refractivity (Wildman–Crippen MR) is 95.3 cm³/mol. The highest BCUT2D eigenvalue weighted by molar-refractivity contribution is 5.82. The lowest BCUT2D eigenvalue weighted by Crippen LogP contribution is -2.02. The molecule has 2 aromatic carbocycles. The van der Waals surface area contributed by atoms with Gasteiger partial charge in [-0.05, 0) is 36.8 Å². The van der Waals surface area contributed by atoms with Gasteiger partial charge in [-0.3, -0.25) is 4.40 Å². The van der Waals surface area contributed by atoms with Gasteiger partial charge < -0.3 is 10.5 Å². The van der Waals surface area contributed by atoms with E-state index in [9.17, 15) is 0 Å². The van der Waals surface area contributed by atoms with Crippen molar-refractivity contribution in [2.45, 2.75) is 13.3 Å². The number of anilines is 1. The maximum atomic E-state index is 6.08. The third kappa shape index (κ3) is 2.44. The van der Waals surface area contributed by atoms with Crippen LogP contribution in [0.1, 0.15) is 18.2 Å². The Morgan fingerprint density at radius 3 is 2.88 bits per heavy atom. The summed E-state index contributed by atoms with van der Waals surface area (Å²) in [6.45, 7) is 2.64. The minimum atomic E-state index is 0.447. The first-order valence-electron chi connectivity index (χ1n) is 7.98. The second-order valence-corrected chi connectivity index (χ2v) is 5.65. The first kappa shape index (κ1) is 14.5. The average molecular weight is 318 g/mol. The molecule has 0 fully saturated rings. The number of benzene rings is 2. The Balaban J connectivity index is 1.84. The molecule has 0 aliphatic carbocycles. The van der Waals surface area contributed by atoms with Crippen molar-refractivity contribution in [3.8, 4) is 5.75 Å². The van der Waals surface area contributed by atoms with E-state index in [0.717, 1.165) is 28.9 Å². The topological polar surface area (TPSA) is 65.4 Å². The van der Waals surface area contributed by atoms with Gasteiger partial charge in [-0.25, -0.2) is 9.97 Å². The molecule has 0 atom stereocenters. The molecule has 2 heterocycles. The third-order valence-corrected chi connectivity index (χ3v) is 4.02. The van der Waals surface area contributed by atoms with Gasteiger partial charge in [0.05, 0.1) is 17.6 Å². The van der Waals surface area contributed by atoms with Crippen molar-refractivity contribution >= 4 is 22.5 Å². The average Bonchev–Trinajstić information content (AvgIpc) is 3.00. The molecule has 0 amide bonds. The molecule has 0 radical (unpaired) electrons. The summed E-state index contributed by atoms with van der Waals surface area (Å²) in [5.41, 5.74) is 10.9. The van der Waals surface area contributed by atoms with E-state index in [4.69, 9.17) is 10.5 Å². The summed E-state index contributed by atoms with van der Waals surface area (Å²) >= 11 is 0. The van der Waals surface area contributed by atoms with E-state index < -0.39 is 0 Å². The Bertz CT molecular complexity index is 1020. The van der Waals surface area contributed by atoms with Crippen LogP contribution in [0, 0.1) is 0 Å². The minimum Gasteiger partial charge on any atom is -0.494 e. The lowest BCUT2D eigenvalue weighted by Gasteiger charge is -2.09. The molecule has 2 N–H and O–H groups in total. The minimum absolute atomic E-state index is 0.447. The fourth-order valence-electron chi connectivity index (χ4n) is 3.01. The van der Waals surface area contributed by atoms with Crippen LogP contribution >= 0.6 is 0 Å². The van der Waals surface area contributed by atoms with Crippen LogP contribution in [-0.4, -0.2) is 21.0 Å². The van der Waals surface area contributed by atoms with Gasteiger partial charge in [0, 0.05) is 18.3 Å². The third-order valence-electron chi connectivity index (χ3n) is 4.02. The van der Waals surface area contributed by atoms with E-state index in [1.54, 1.807) is 0 Å². The summed E-state index contributed by atoms with van der Waals surface area (Å²) in [6, 6.07) is 16.1. The van der Waals surface area contributed by atoms with E-state index in [0.29, 0.717) is 18.1 Å². The summed E-state index contributed by atoms with van der Waals surface area (Å²) < 4.78 is 7.68. The Morgan fingerprint density at radius 1 is 1.12 bits per heavy atom. The van der Waals surface area contributed by atoms with Gasteiger partial charge in [0.1, 0.15) is 5.75 Å². The van der Waals surface area contributed by atoms with Crippen molar-refractivity contribution in [2.75, 3.05) is 12.3 Å². The van der Waals surface area contributed by atoms with Crippen molar-refractivity contribution in [1.82, 2.24) is 14.4 Å². The van der Waals surface area contributed by atoms with Crippen molar-refractivity contribution in [1.29, 1.82) is 0 Å². The van der Waals surface area contributed by atoms with Crippen LogP contribution in [0.2, 0.25) is 0 Å². The van der Waals surface area contributed by atoms with E-state index in [-0.39, 0.29) is 0 Å². The van der Waals surface area contributed by atoms with Crippen LogP contribution in [0.25, 0.3) is 16.7 Å². The second kappa shape index (κ2) is 5.85. The van der Waals surface area contributed by atoms with Gasteiger partial charge in [-0.1, -0.05) is 24.3 Å². The Kier molecular flexibility index (Phi) is 3.54. The summed E-state index contributed by atoms with van der Waals surface area (Å²) in [7, 11) is 0. The number of nitrogens with two attached hydrogens (primary N) is 1. The zero-order valence-corrected chi connectivity index (χ0v) is 13.4. The molecular formula is C19H18N4O. The molecule has 0 saturated heterocycles. The molecule has 5 nitrogen and oxygen atoms in total. The van der Waals surface area contributed by atoms with E-state index in [1.807, 2.05) is 49.5 Å². The Morgan fingerprint density at radius 2 is 2.00 bits per heavy atom. The SMILES string of the molecule is CCOc1cccc(Cc2cnc3c(N)nc4ccccc4n23)c1. The number of aromatic nitrogens is 3. The lowest BCUT2D eigenvalue weighted by atomic mass is 10.1. The normalized spacial score (nSPS) is 11.2. The molecule has 24 heavy (non-hydrogen) atoms. The molecule has 4 aromatic rings. The number of hydrogen-bond acceptors (Lipinski definition) is 4. The van der Waals surface area contributed by atoms with Crippen LogP contribution in [0.5, 0.6) is 5.75 Å². The molecule has 120 valence electrons. The fourth-order valence-corrected chi connectivity index (χ4v) is 3.01. The fraction of sp³-hybridized carbons (Fsp3) is 0.158. The predicted octanol–water partition coefficient (Wildman–Crippen LogP) is 3.45. The van der Waals surface area contributed by atoms with E-state index in [2.05, 4.69) is 26.5 Å². The molecule has 0 aliphatic rings. The van der Waals surface area contributed by atoms with Gasteiger partial charge >= 0.3 is 0 Å². The highest BCUT2D eigenvalue weighted by Crippen LogP contribution is 2.23. The van der Waals surface area contributed by atoms with Crippen LogP contribution in [-0.2, 0) is 6.42 Å². The number of nitrogen functional groups attached to an aromatic ring is 1. The number of nitrogens with zero attached hydrogens (tertiary/aromatic N) is 3. The molecule has 2 aromatic heterocycles. The van der Waals surface area contributed by atoms with Crippen LogP contribution < -0.4 is 10.5 Å². The molecular weight excluding hydrogens is 300 g/mol. The van der Waals surface area contributed by atoms with Crippen molar-refractivity contribution in [3.63, 3.8) is 0 Å². The van der Waals surface area contributed by atoms with Gasteiger partial charge in [-0.2, -0.15) is 0 Å². The smallest absolute Gasteiger partial charge is 0.180 e. The molecule has 0 unspecified atom stereocenters. The first-order valence-corrected chi connectivity index (χ1v) is 7.98. The lowest BCUT2D eigenvalue weighted by molar-refractivity contribution is 0.340. The van der Waals surface area contributed by atoms with Gasteiger partial charge in [0.15, 0.2) is 11.5 Å². The number of para-hydroxylation sites is 2. The highest BCUT2D eigenvalue weighted by Gasteiger charge is 2.12. The van der Waals surface area contributed by atoms with E-state index >= 15 is 0 Å². The Hall–Kier alpha value is -3.08. The maximum absolute atomic E-state index is 6.08. The van der Waals surface area contributed by atoms with Gasteiger partial charge in [0.2, 0.25) is 0 Å². The van der Waals surface area contributed by atoms with Gasteiger partial charge in [0.25, 0.3) is 0 Å². The molecule has 4 rings (SSSR count). The van der Waals surface area contributed by atoms with Crippen molar-refractivity contribution in [3.05, 3.63) is 66.0 Å². The zero-order chi connectivity index (χ0) is 16.5. The number of rotatable bonds is 4. The monoisotopic (exact) mass is 318 g/mol. The molecule has 0 bridgehead atoms. The first-order chi connectivity index (χ1) is 11.8. The van der Waals surface area contributed by atoms with Crippen LogP contribution in [0.15, 0.2) is 54.7 Å². The summed E-state index contributed by atoms with van der Waals surface area (Å²) in [4.78, 5) is 8.90. The summed E-state index contributed by atoms with van der Waals surface area (Å²) in [5, 5.41) is 0. The number of fused-ring (bicyclic) bond motifs is 3.